The number of likely N-dealkylation sites (N-methyl/N-ethyl adjacent to an activating group) is 1. The Labute approximate surface area is 139 Å². The second-order valence-corrected chi connectivity index (χ2v) is 4.11. The van der Waals surface area contributed by atoms with Gasteiger partial charge in [0, 0.05) is 7.05 Å². The van der Waals surface area contributed by atoms with Gasteiger partial charge in [-0.15, -0.1) is 0 Å². The van der Waals surface area contributed by atoms with Gasteiger partial charge in [0.25, 0.3) is 0 Å². The molecule has 0 unspecified atom stereocenters. The lowest BCUT2D eigenvalue weighted by atomic mass is 10.3. The molecule has 0 aromatic heterocycles. The van der Waals surface area contributed by atoms with E-state index >= 15 is 0 Å². The van der Waals surface area contributed by atoms with Crippen LogP contribution in [0.2, 0.25) is 0 Å². The summed E-state index contributed by atoms with van der Waals surface area (Å²) in [4.78, 5) is 10.8. The van der Waals surface area contributed by atoms with Crippen LogP contribution in [0.15, 0.2) is 30.3 Å². The third kappa shape index (κ3) is 13.7. The molecule has 0 aliphatic rings. The van der Waals surface area contributed by atoms with Crippen molar-refractivity contribution in [2.75, 3.05) is 53.3 Å². The minimum Gasteiger partial charge on any atom is -0.491 e. The Morgan fingerprint density at radius 3 is 1.96 bits per heavy atom. The number of hydrogen-bond acceptors (Lipinski definition) is 5. The van der Waals surface area contributed by atoms with Gasteiger partial charge in [0.05, 0.1) is 33.0 Å². The van der Waals surface area contributed by atoms with E-state index in [4.69, 9.17) is 18.9 Å². The minimum atomic E-state index is -0.142. The van der Waals surface area contributed by atoms with Crippen molar-refractivity contribution in [3.63, 3.8) is 0 Å². The van der Waals surface area contributed by atoms with Crippen LogP contribution < -0.4 is 10.1 Å². The molecule has 23 heavy (non-hydrogen) atoms. The number of hydrogen-bond donors (Lipinski definition) is 1. The summed E-state index contributed by atoms with van der Waals surface area (Å²) in [6, 6.07) is 9.61. The minimum absolute atomic E-state index is 0.0627. The van der Waals surface area contributed by atoms with Gasteiger partial charge in [0.1, 0.15) is 19.0 Å². The highest BCUT2D eigenvalue weighted by atomic mass is 16.6. The predicted molar refractivity (Wildman–Crippen MR) is 89.8 cm³/mol. The number of para-hydroxylation sites is 1. The highest BCUT2D eigenvalue weighted by Crippen LogP contribution is 2.07. The summed E-state index contributed by atoms with van der Waals surface area (Å²) in [6.45, 7) is 6.94. The fourth-order valence-corrected chi connectivity index (χ4v) is 1.41. The van der Waals surface area contributed by atoms with Gasteiger partial charge in [-0.25, -0.2) is 0 Å². The smallest absolute Gasteiger partial charge is 0.245 e. The third-order valence-electron chi connectivity index (χ3n) is 2.50. The largest absolute Gasteiger partial charge is 0.491 e. The van der Waals surface area contributed by atoms with E-state index in [1.807, 2.05) is 44.2 Å². The van der Waals surface area contributed by atoms with Gasteiger partial charge in [-0.1, -0.05) is 32.0 Å². The second kappa shape index (κ2) is 16.7. The van der Waals surface area contributed by atoms with Crippen molar-refractivity contribution < 1.29 is 23.7 Å². The Bertz CT molecular complexity index is 373. The molecule has 0 saturated carbocycles. The van der Waals surface area contributed by atoms with Gasteiger partial charge >= 0.3 is 0 Å². The molecule has 0 saturated heterocycles. The number of carbonyl (C=O) groups is 1. The van der Waals surface area contributed by atoms with Crippen LogP contribution in [-0.2, 0) is 19.0 Å². The van der Waals surface area contributed by atoms with Crippen molar-refractivity contribution in [2.24, 2.45) is 0 Å². The van der Waals surface area contributed by atoms with Crippen LogP contribution in [0.3, 0.4) is 0 Å². The van der Waals surface area contributed by atoms with Crippen LogP contribution in [0.5, 0.6) is 5.75 Å². The van der Waals surface area contributed by atoms with Crippen molar-refractivity contribution >= 4 is 5.91 Å². The Balaban J connectivity index is 0.00000232. The van der Waals surface area contributed by atoms with Crippen LogP contribution in [0, 0.1) is 0 Å². The molecule has 0 aliphatic carbocycles. The zero-order chi connectivity index (χ0) is 17.2. The van der Waals surface area contributed by atoms with E-state index in [1.54, 1.807) is 7.05 Å². The summed E-state index contributed by atoms with van der Waals surface area (Å²) in [5.74, 6) is 0.697. The van der Waals surface area contributed by atoms with E-state index < -0.39 is 0 Å². The van der Waals surface area contributed by atoms with Gasteiger partial charge < -0.3 is 24.3 Å². The van der Waals surface area contributed by atoms with Gasteiger partial charge in [-0.05, 0) is 12.1 Å². The molecule has 1 N–H and O–H groups in total. The molecule has 0 atom stereocenters. The highest BCUT2D eigenvalue weighted by molar-refractivity contribution is 5.76. The van der Waals surface area contributed by atoms with Crippen LogP contribution in [-0.4, -0.2) is 59.2 Å². The van der Waals surface area contributed by atoms with Crippen LogP contribution in [0.1, 0.15) is 13.8 Å². The monoisotopic (exact) mass is 327 g/mol. The van der Waals surface area contributed by atoms with Crippen LogP contribution >= 0.6 is 0 Å². The number of nitrogens with one attached hydrogen (secondary N) is 1. The summed E-state index contributed by atoms with van der Waals surface area (Å²) < 4.78 is 21.2. The molecule has 6 heteroatoms. The maximum Gasteiger partial charge on any atom is 0.245 e. The van der Waals surface area contributed by atoms with Crippen molar-refractivity contribution in [1.29, 1.82) is 0 Å². The number of ether oxygens (including phenoxy) is 4. The summed E-state index contributed by atoms with van der Waals surface area (Å²) in [6.07, 6.45) is 0. The Morgan fingerprint density at radius 2 is 1.39 bits per heavy atom. The molecule has 0 spiro atoms. The number of benzene rings is 1. The first-order valence-electron chi connectivity index (χ1n) is 7.94. The van der Waals surface area contributed by atoms with Crippen molar-refractivity contribution in [2.45, 2.75) is 13.8 Å². The highest BCUT2D eigenvalue weighted by Gasteiger charge is 1.97. The molecule has 0 bridgehead atoms. The molecule has 1 rings (SSSR count). The molecule has 1 aromatic rings. The molecule has 1 aromatic carbocycles. The van der Waals surface area contributed by atoms with Crippen LogP contribution in [0.4, 0.5) is 0 Å². The SMILES string of the molecule is CC.CNC(=O)COCCOCCOCCOc1ccccc1. The van der Waals surface area contributed by atoms with Crippen molar-refractivity contribution in [1.82, 2.24) is 5.32 Å². The van der Waals surface area contributed by atoms with Crippen molar-refractivity contribution in [3.8, 4) is 5.75 Å². The molecule has 132 valence electrons. The van der Waals surface area contributed by atoms with E-state index in [0.29, 0.717) is 39.6 Å². The lowest BCUT2D eigenvalue weighted by Gasteiger charge is -2.08. The fourth-order valence-electron chi connectivity index (χ4n) is 1.41. The molecular formula is C17H29NO5. The fraction of sp³-hybridized carbons (Fsp3) is 0.588. The van der Waals surface area contributed by atoms with Gasteiger partial charge in [-0.2, -0.15) is 0 Å². The standard InChI is InChI=1S/C15H23NO5.C2H6/c1-16-15(17)13-20-10-9-18-7-8-19-11-12-21-14-5-3-2-4-6-14;1-2/h2-6H,7-13H2,1H3,(H,16,17);1-2H3. The first-order valence-corrected chi connectivity index (χ1v) is 7.94. The van der Waals surface area contributed by atoms with Crippen molar-refractivity contribution in [3.05, 3.63) is 30.3 Å². The molecule has 0 heterocycles. The number of rotatable bonds is 12. The van der Waals surface area contributed by atoms with E-state index in [9.17, 15) is 4.79 Å². The van der Waals surface area contributed by atoms with Gasteiger partial charge in [-0.3, -0.25) is 4.79 Å². The molecule has 6 nitrogen and oxygen atoms in total. The lowest BCUT2D eigenvalue weighted by Crippen LogP contribution is -2.24. The second-order valence-electron chi connectivity index (χ2n) is 4.11. The average molecular weight is 327 g/mol. The average Bonchev–Trinajstić information content (AvgIpc) is 2.62. The predicted octanol–water partition coefficient (Wildman–Crippen LogP) is 1.89. The summed E-state index contributed by atoms with van der Waals surface area (Å²) in [7, 11) is 1.57. The maximum atomic E-state index is 10.8. The van der Waals surface area contributed by atoms with E-state index in [2.05, 4.69) is 5.32 Å². The quantitative estimate of drug-likeness (QED) is 0.594. The lowest BCUT2D eigenvalue weighted by molar-refractivity contribution is -0.125. The normalized spacial score (nSPS) is 9.70. The molecule has 0 fully saturated rings. The maximum absolute atomic E-state index is 10.8. The molecule has 1 amide bonds. The van der Waals surface area contributed by atoms with Gasteiger partial charge in [0.15, 0.2) is 0 Å². The van der Waals surface area contributed by atoms with E-state index in [1.165, 1.54) is 0 Å². The first-order chi connectivity index (χ1) is 11.3. The van der Waals surface area contributed by atoms with Crippen LogP contribution in [0.25, 0.3) is 0 Å². The van der Waals surface area contributed by atoms with E-state index in [-0.39, 0.29) is 12.5 Å². The number of carbonyl (C=O) groups excluding carboxylic acids is 1. The zero-order valence-electron chi connectivity index (χ0n) is 14.4. The van der Waals surface area contributed by atoms with E-state index in [0.717, 1.165) is 5.75 Å². The molecule has 0 aliphatic heterocycles. The Kier molecular flexibility index (Phi) is 15.5. The molecule has 0 radical (unpaired) electrons. The summed E-state index contributed by atoms with van der Waals surface area (Å²) >= 11 is 0. The zero-order valence-corrected chi connectivity index (χ0v) is 14.4. The van der Waals surface area contributed by atoms with Gasteiger partial charge in [0.2, 0.25) is 5.91 Å². The topological polar surface area (TPSA) is 66.0 Å². The summed E-state index contributed by atoms with van der Waals surface area (Å²) in [5.41, 5.74) is 0. The number of amides is 1. The Morgan fingerprint density at radius 1 is 0.870 bits per heavy atom. The third-order valence-corrected chi connectivity index (χ3v) is 2.50. The summed E-state index contributed by atoms with van der Waals surface area (Å²) in [5, 5.41) is 2.47. The molecular weight excluding hydrogens is 298 g/mol. The Hall–Kier alpha value is -1.63. The first kappa shape index (κ1) is 21.4.